The second-order valence-electron chi connectivity index (χ2n) is 2.69. The van der Waals surface area contributed by atoms with E-state index in [1.807, 2.05) is 0 Å². The quantitative estimate of drug-likeness (QED) is 0.614. The highest BCUT2D eigenvalue weighted by Crippen LogP contribution is 2.26. The summed E-state index contributed by atoms with van der Waals surface area (Å²) in [6.07, 6.45) is -4.76. The van der Waals surface area contributed by atoms with Crippen LogP contribution in [0.25, 0.3) is 0 Å². The first-order valence-corrected chi connectivity index (χ1v) is 4.26. The zero-order chi connectivity index (χ0) is 12.3. The monoisotopic (exact) mass is 252 g/mol. The van der Waals surface area contributed by atoms with E-state index in [9.17, 15) is 22.8 Å². The molecule has 16 heavy (non-hydrogen) atoms. The number of carbonyl (C=O) groups is 2. The lowest BCUT2D eigenvalue weighted by Crippen LogP contribution is -2.18. The minimum absolute atomic E-state index is 0.0849. The Morgan fingerprint density at radius 3 is 2.44 bits per heavy atom. The van der Waals surface area contributed by atoms with Crippen LogP contribution in [0.5, 0.6) is 5.75 Å². The topological polar surface area (TPSA) is 43.4 Å². The molecule has 0 spiro atoms. The van der Waals surface area contributed by atoms with Gasteiger partial charge in [0, 0.05) is 5.56 Å². The zero-order valence-electron chi connectivity index (χ0n) is 7.55. The number of ether oxygens (including phenoxy) is 1. The van der Waals surface area contributed by atoms with Crippen molar-refractivity contribution in [1.82, 2.24) is 0 Å². The van der Waals surface area contributed by atoms with Crippen molar-refractivity contribution in [2.24, 2.45) is 0 Å². The Hall–Kier alpha value is -1.56. The summed E-state index contributed by atoms with van der Waals surface area (Å²) in [7, 11) is 0. The molecule has 0 saturated carbocycles. The predicted octanol–water partition coefficient (Wildman–Crippen LogP) is 2.78. The van der Waals surface area contributed by atoms with E-state index in [0.29, 0.717) is 0 Å². The summed E-state index contributed by atoms with van der Waals surface area (Å²) in [4.78, 5) is 21.2. The van der Waals surface area contributed by atoms with Gasteiger partial charge in [0.15, 0.2) is 6.29 Å². The summed E-state index contributed by atoms with van der Waals surface area (Å²) in [5.74, 6) is -0.677. The summed E-state index contributed by atoms with van der Waals surface area (Å²) in [6, 6.07) is 2.81. The van der Waals surface area contributed by atoms with E-state index in [2.05, 4.69) is 4.74 Å². The molecule has 0 unspecified atom stereocenters. The molecule has 0 saturated heterocycles. The maximum absolute atomic E-state index is 11.9. The lowest BCUT2D eigenvalue weighted by Gasteiger charge is -2.10. The number of alkyl halides is 3. The number of hydrogen-bond acceptors (Lipinski definition) is 3. The Labute approximate surface area is 92.8 Å². The first kappa shape index (κ1) is 12.5. The largest absolute Gasteiger partial charge is 0.573 e. The Balaban J connectivity index is 3.12. The van der Waals surface area contributed by atoms with Crippen LogP contribution in [0.1, 0.15) is 20.7 Å². The fourth-order valence-electron chi connectivity index (χ4n) is 0.980. The Morgan fingerprint density at radius 1 is 1.38 bits per heavy atom. The van der Waals surface area contributed by atoms with Crippen LogP contribution < -0.4 is 4.74 Å². The standard InChI is InChI=1S/C9H4ClF3O3/c10-8(15)5-1-2-7(6(3-5)4-14)16-9(11,12)13/h1-4H. The molecule has 86 valence electrons. The molecule has 0 N–H and O–H groups in total. The Bertz CT molecular complexity index is 428. The molecule has 0 aliphatic carbocycles. The maximum Gasteiger partial charge on any atom is 0.573 e. The third-order valence-corrected chi connectivity index (χ3v) is 1.81. The van der Waals surface area contributed by atoms with Crippen LogP contribution in [0.2, 0.25) is 0 Å². The molecule has 0 amide bonds. The van der Waals surface area contributed by atoms with Crippen LogP contribution in [0.3, 0.4) is 0 Å². The highest BCUT2D eigenvalue weighted by molar-refractivity contribution is 6.67. The highest BCUT2D eigenvalue weighted by atomic mass is 35.5. The van der Waals surface area contributed by atoms with Gasteiger partial charge in [-0.05, 0) is 29.8 Å². The average Bonchev–Trinajstić information content (AvgIpc) is 2.15. The van der Waals surface area contributed by atoms with Crippen molar-refractivity contribution in [2.45, 2.75) is 6.36 Å². The lowest BCUT2D eigenvalue weighted by molar-refractivity contribution is -0.274. The Kier molecular flexibility index (Phi) is 3.54. The summed E-state index contributed by atoms with van der Waals surface area (Å²) >= 11 is 5.10. The molecule has 7 heteroatoms. The number of carbonyl (C=O) groups excluding carboxylic acids is 2. The molecular weight excluding hydrogens is 249 g/mol. The maximum atomic E-state index is 11.9. The van der Waals surface area contributed by atoms with E-state index < -0.39 is 22.9 Å². The molecule has 1 aromatic rings. The number of halogens is 4. The van der Waals surface area contributed by atoms with Gasteiger partial charge in [-0.15, -0.1) is 13.2 Å². The summed E-state index contributed by atoms with van der Waals surface area (Å²) in [5.41, 5.74) is -0.484. The van der Waals surface area contributed by atoms with Gasteiger partial charge in [0.2, 0.25) is 0 Å². The number of rotatable bonds is 3. The Morgan fingerprint density at radius 2 is 2.00 bits per heavy atom. The van der Waals surface area contributed by atoms with Gasteiger partial charge in [-0.1, -0.05) is 0 Å². The van der Waals surface area contributed by atoms with Crippen molar-refractivity contribution in [3.05, 3.63) is 29.3 Å². The van der Waals surface area contributed by atoms with Crippen LogP contribution in [0.4, 0.5) is 13.2 Å². The van der Waals surface area contributed by atoms with E-state index in [4.69, 9.17) is 11.6 Å². The smallest absolute Gasteiger partial charge is 0.405 e. The molecule has 3 nitrogen and oxygen atoms in total. The van der Waals surface area contributed by atoms with Crippen LogP contribution in [0.15, 0.2) is 18.2 Å². The van der Waals surface area contributed by atoms with E-state index in [1.54, 1.807) is 0 Å². The summed E-state index contributed by atoms with van der Waals surface area (Å²) in [5, 5.41) is -0.873. The van der Waals surface area contributed by atoms with Gasteiger partial charge in [0.1, 0.15) is 5.75 Å². The van der Waals surface area contributed by atoms with Crippen molar-refractivity contribution >= 4 is 23.1 Å². The first-order valence-electron chi connectivity index (χ1n) is 3.88. The molecule has 0 aromatic heterocycles. The van der Waals surface area contributed by atoms with E-state index >= 15 is 0 Å². The molecular formula is C9H4ClF3O3. The number of hydrogen-bond donors (Lipinski definition) is 0. The van der Waals surface area contributed by atoms with Gasteiger partial charge in [-0.3, -0.25) is 9.59 Å². The molecule has 0 atom stereocenters. The molecule has 1 aromatic carbocycles. The average molecular weight is 253 g/mol. The molecule has 0 fully saturated rings. The third kappa shape index (κ3) is 3.23. The van der Waals surface area contributed by atoms with Gasteiger partial charge in [-0.2, -0.15) is 0 Å². The van der Waals surface area contributed by atoms with Gasteiger partial charge in [0.05, 0.1) is 5.56 Å². The second kappa shape index (κ2) is 4.52. The van der Waals surface area contributed by atoms with E-state index in [1.165, 1.54) is 0 Å². The first-order chi connectivity index (χ1) is 7.33. The summed E-state index contributed by atoms with van der Waals surface area (Å²) in [6.45, 7) is 0. The van der Waals surface area contributed by atoms with Crippen molar-refractivity contribution in [3.63, 3.8) is 0 Å². The van der Waals surface area contributed by atoms with Crippen LogP contribution in [-0.4, -0.2) is 17.9 Å². The summed E-state index contributed by atoms with van der Waals surface area (Å²) < 4.78 is 39.2. The van der Waals surface area contributed by atoms with Gasteiger partial charge < -0.3 is 4.74 Å². The van der Waals surface area contributed by atoms with Crippen LogP contribution in [0, 0.1) is 0 Å². The molecule has 0 bridgehead atoms. The minimum atomic E-state index is -4.90. The SMILES string of the molecule is O=Cc1cc(C(=O)Cl)ccc1OC(F)(F)F. The van der Waals surface area contributed by atoms with Crippen molar-refractivity contribution in [2.75, 3.05) is 0 Å². The third-order valence-electron chi connectivity index (χ3n) is 1.59. The molecule has 1 rings (SSSR count). The fraction of sp³-hybridized carbons (Fsp3) is 0.111. The number of aldehydes is 1. The fourth-order valence-corrected chi connectivity index (χ4v) is 1.10. The predicted molar refractivity (Wildman–Crippen MR) is 48.7 cm³/mol. The molecule has 0 aliphatic rings. The normalized spacial score (nSPS) is 11.0. The zero-order valence-corrected chi connectivity index (χ0v) is 8.30. The van der Waals surface area contributed by atoms with Gasteiger partial charge >= 0.3 is 6.36 Å². The van der Waals surface area contributed by atoms with Crippen LogP contribution in [-0.2, 0) is 0 Å². The molecule has 0 heterocycles. The lowest BCUT2D eigenvalue weighted by atomic mass is 10.1. The minimum Gasteiger partial charge on any atom is -0.405 e. The van der Waals surface area contributed by atoms with Crippen molar-refractivity contribution in [1.29, 1.82) is 0 Å². The number of benzene rings is 1. The van der Waals surface area contributed by atoms with E-state index in [0.717, 1.165) is 18.2 Å². The van der Waals surface area contributed by atoms with E-state index in [-0.39, 0.29) is 11.8 Å². The molecule has 0 aliphatic heterocycles. The van der Waals surface area contributed by atoms with Crippen molar-refractivity contribution in [3.8, 4) is 5.75 Å². The highest BCUT2D eigenvalue weighted by Gasteiger charge is 2.32. The van der Waals surface area contributed by atoms with Crippen LogP contribution >= 0.6 is 11.6 Å². The van der Waals surface area contributed by atoms with Crippen molar-refractivity contribution < 1.29 is 27.5 Å². The second-order valence-corrected chi connectivity index (χ2v) is 3.04. The molecule has 0 radical (unpaired) electrons. The van der Waals surface area contributed by atoms with Gasteiger partial charge in [-0.25, -0.2) is 0 Å². The van der Waals surface area contributed by atoms with Gasteiger partial charge in [0.25, 0.3) is 5.24 Å².